The van der Waals surface area contributed by atoms with E-state index in [4.69, 9.17) is 4.74 Å². The van der Waals surface area contributed by atoms with Gasteiger partial charge in [0.15, 0.2) is 5.82 Å². The fraction of sp³-hybridized carbons (Fsp3) is 0.556. The van der Waals surface area contributed by atoms with Crippen LogP contribution in [0.1, 0.15) is 55.0 Å². The van der Waals surface area contributed by atoms with Gasteiger partial charge in [0.1, 0.15) is 0 Å². The number of aromatic nitrogens is 3. The molecular weight excluding hydrogens is 347 g/mol. The van der Waals surface area contributed by atoms with Crippen molar-refractivity contribution in [1.82, 2.24) is 14.8 Å². The van der Waals surface area contributed by atoms with Crippen molar-refractivity contribution < 1.29 is 23.0 Å². The molecule has 1 unspecified atom stereocenters. The summed E-state index contributed by atoms with van der Waals surface area (Å²) in [4.78, 5) is 3.86. The second-order valence-corrected chi connectivity index (χ2v) is 6.65. The molecule has 1 atom stereocenters. The Labute approximate surface area is 149 Å². The molecule has 0 aromatic carbocycles. The first-order valence-corrected chi connectivity index (χ1v) is 8.69. The van der Waals surface area contributed by atoms with E-state index in [-0.39, 0.29) is 18.3 Å². The minimum Gasteiger partial charge on any atom is -0.388 e. The molecule has 0 saturated heterocycles. The Kier molecular flexibility index (Phi) is 5.62. The molecule has 0 amide bonds. The highest BCUT2D eigenvalue weighted by Gasteiger charge is 2.31. The minimum atomic E-state index is -4.43. The summed E-state index contributed by atoms with van der Waals surface area (Å²) >= 11 is 0. The molecule has 2 aromatic heterocycles. The third kappa shape index (κ3) is 4.07. The van der Waals surface area contributed by atoms with Crippen LogP contribution in [0.4, 0.5) is 13.2 Å². The van der Waals surface area contributed by atoms with E-state index in [0.29, 0.717) is 11.3 Å². The number of hydrogen-bond acceptors (Lipinski definition) is 4. The number of halogens is 3. The van der Waals surface area contributed by atoms with Crippen LogP contribution in [0.3, 0.4) is 0 Å². The zero-order valence-electron chi connectivity index (χ0n) is 14.5. The van der Waals surface area contributed by atoms with Gasteiger partial charge in [-0.3, -0.25) is 0 Å². The van der Waals surface area contributed by atoms with Gasteiger partial charge in [0.25, 0.3) is 0 Å². The van der Waals surface area contributed by atoms with E-state index < -0.39 is 17.8 Å². The second-order valence-electron chi connectivity index (χ2n) is 6.65. The molecule has 142 valence electrons. The lowest BCUT2D eigenvalue weighted by atomic mass is 9.83. The molecule has 1 fully saturated rings. The lowest BCUT2D eigenvalue weighted by molar-refractivity contribution is -0.137. The Morgan fingerprint density at radius 2 is 2.00 bits per heavy atom. The highest BCUT2D eigenvalue weighted by molar-refractivity contribution is 5.30. The SMILES string of the molecule is COCc1nn(-c2ccc(C(F)(F)F)cn2)cc1C(O)C1CCCCC1. The molecule has 1 aliphatic carbocycles. The van der Waals surface area contributed by atoms with E-state index >= 15 is 0 Å². The lowest BCUT2D eigenvalue weighted by Gasteiger charge is -2.26. The van der Waals surface area contributed by atoms with Crippen molar-refractivity contribution in [3.63, 3.8) is 0 Å². The molecule has 8 heteroatoms. The fourth-order valence-electron chi connectivity index (χ4n) is 3.43. The monoisotopic (exact) mass is 369 g/mol. The maximum Gasteiger partial charge on any atom is 0.417 e. The Hall–Kier alpha value is -1.93. The molecule has 0 radical (unpaired) electrons. The van der Waals surface area contributed by atoms with Gasteiger partial charge in [-0.2, -0.15) is 18.3 Å². The molecule has 2 aromatic rings. The summed E-state index contributed by atoms with van der Waals surface area (Å²) < 4.78 is 44.6. The first-order chi connectivity index (χ1) is 12.4. The summed E-state index contributed by atoms with van der Waals surface area (Å²) in [6.45, 7) is 0.215. The number of ether oxygens (including phenoxy) is 1. The van der Waals surface area contributed by atoms with E-state index in [1.807, 2.05) is 0 Å². The van der Waals surface area contributed by atoms with Crippen LogP contribution in [0, 0.1) is 5.92 Å². The highest BCUT2D eigenvalue weighted by atomic mass is 19.4. The van der Waals surface area contributed by atoms with Gasteiger partial charge in [0, 0.05) is 25.1 Å². The Balaban J connectivity index is 1.88. The summed E-state index contributed by atoms with van der Waals surface area (Å²) in [5, 5.41) is 15.2. The van der Waals surface area contributed by atoms with Crippen molar-refractivity contribution in [2.75, 3.05) is 7.11 Å². The van der Waals surface area contributed by atoms with Crippen molar-refractivity contribution >= 4 is 0 Å². The molecule has 1 saturated carbocycles. The lowest BCUT2D eigenvalue weighted by Crippen LogP contribution is -2.16. The maximum absolute atomic E-state index is 12.7. The van der Waals surface area contributed by atoms with Gasteiger partial charge in [-0.25, -0.2) is 9.67 Å². The van der Waals surface area contributed by atoms with E-state index in [1.165, 1.54) is 24.3 Å². The molecule has 5 nitrogen and oxygen atoms in total. The van der Waals surface area contributed by atoms with E-state index in [9.17, 15) is 18.3 Å². The molecule has 2 heterocycles. The molecule has 1 aliphatic rings. The summed E-state index contributed by atoms with van der Waals surface area (Å²) in [5.74, 6) is 0.426. The minimum absolute atomic E-state index is 0.164. The van der Waals surface area contributed by atoms with Gasteiger partial charge in [-0.1, -0.05) is 19.3 Å². The molecule has 0 bridgehead atoms. The molecular formula is C18H22F3N3O2. The third-order valence-electron chi connectivity index (χ3n) is 4.83. The smallest absolute Gasteiger partial charge is 0.388 e. The summed E-state index contributed by atoms with van der Waals surface area (Å²) in [6, 6.07) is 2.24. The van der Waals surface area contributed by atoms with Crippen LogP contribution in [0.25, 0.3) is 5.82 Å². The number of aliphatic hydroxyl groups is 1. The van der Waals surface area contributed by atoms with Gasteiger partial charge in [-0.15, -0.1) is 0 Å². The first kappa shape index (κ1) is 18.8. The van der Waals surface area contributed by atoms with Gasteiger partial charge >= 0.3 is 6.18 Å². The Morgan fingerprint density at radius 3 is 2.58 bits per heavy atom. The predicted molar refractivity (Wildman–Crippen MR) is 88.6 cm³/mol. The largest absolute Gasteiger partial charge is 0.417 e. The van der Waals surface area contributed by atoms with Crippen LogP contribution >= 0.6 is 0 Å². The molecule has 0 aliphatic heterocycles. The van der Waals surface area contributed by atoms with Crippen LogP contribution in [0.5, 0.6) is 0 Å². The number of pyridine rings is 1. The zero-order chi connectivity index (χ0) is 18.7. The van der Waals surface area contributed by atoms with Crippen molar-refractivity contribution in [1.29, 1.82) is 0 Å². The normalized spacial score (nSPS) is 17.4. The number of rotatable bonds is 5. The van der Waals surface area contributed by atoms with E-state index in [0.717, 1.165) is 37.9 Å². The van der Waals surface area contributed by atoms with Gasteiger partial charge in [0.05, 0.1) is 24.0 Å². The first-order valence-electron chi connectivity index (χ1n) is 8.69. The average Bonchev–Trinajstić information content (AvgIpc) is 3.05. The summed E-state index contributed by atoms with van der Waals surface area (Å²) in [6.07, 6.45) is 2.61. The van der Waals surface area contributed by atoms with E-state index in [2.05, 4.69) is 10.1 Å². The van der Waals surface area contributed by atoms with Crippen molar-refractivity contribution in [3.05, 3.63) is 41.3 Å². The van der Waals surface area contributed by atoms with Gasteiger partial charge in [0.2, 0.25) is 0 Å². The average molecular weight is 369 g/mol. The van der Waals surface area contributed by atoms with Crippen molar-refractivity contribution in [2.45, 2.75) is 51.0 Å². The quantitative estimate of drug-likeness (QED) is 0.864. The molecule has 26 heavy (non-hydrogen) atoms. The predicted octanol–water partition coefficient (Wildman–Crippen LogP) is 4.05. The number of hydrogen-bond donors (Lipinski definition) is 1. The number of aliphatic hydroxyl groups excluding tert-OH is 1. The highest BCUT2D eigenvalue weighted by Crippen LogP contribution is 2.36. The number of alkyl halides is 3. The fourth-order valence-corrected chi connectivity index (χ4v) is 3.43. The van der Waals surface area contributed by atoms with Crippen LogP contribution in [-0.2, 0) is 17.5 Å². The van der Waals surface area contributed by atoms with Crippen LogP contribution in [0.2, 0.25) is 0 Å². The molecule has 1 N–H and O–H groups in total. The zero-order valence-corrected chi connectivity index (χ0v) is 14.5. The summed E-state index contributed by atoms with van der Waals surface area (Å²) in [5.41, 5.74) is 0.417. The van der Waals surface area contributed by atoms with Crippen molar-refractivity contribution in [2.24, 2.45) is 5.92 Å². The van der Waals surface area contributed by atoms with Crippen LogP contribution < -0.4 is 0 Å². The Bertz CT molecular complexity index is 722. The second kappa shape index (κ2) is 7.75. The molecule has 0 spiro atoms. The summed E-state index contributed by atoms with van der Waals surface area (Å²) in [7, 11) is 1.53. The molecule has 3 rings (SSSR count). The van der Waals surface area contributed by atoms with Crippen LogP contribution in [0.15, 0.2) is 24.5 Å². The van der Waals surface area contributed by atoms with Crippen LogP contribution in [-0.4, -0.2) is 27.0 Å². The number of methoxy groups -OCH3 is 1. The third-order valence-corrected chi connectivity index (χ3v) is 4.83. The maximum atomic E-state index is 12.7. The number of nitrogens with zero attached hydrogens (tertiary/aromatic N) is 3. The van der Waals surface area contributed by atoms with Gasteiger partial charge in [-0.05, 0) is 30.9 Å². The van der Waals surface area contributed by atoms with Gasteiger partial charge < -0.3 is 9.84 Å². The standard InChI is InChI=1S/C18H22F3N3O2/c1-26-11-15-14(17(25)12-5-3-2-4-6-12)10-24(23-15)16-8-7-13(9-22-16)18(19,20)21/h7-10,12,17,25H,2-6,11H2,1H3. The van der Waals surface area contributed by atoms with E-state index in [1.54, 1.807) is 6.20 Å². The van der Waals surface area contributed by atoms with Crippen molar-refractivity contribution in [3.8, 4) is 5.82 Å². The topological polar surface area (TPSA) is 60.2 Å². The Morgan fingerprint density at radius 1 is 1.27 bits per heavy atom.